The molecule has 4 heterocycles. The third kappa shape index (κ3) is 5.29. The van der Waals surface area contributed by atoms with Gasteiger partial charge in [-0.2, -0.15) is 0 Å². The molecule has 9 aromatic carbocycles. The van der Waals surface area contributed by atoms with Crippen molar-refractivity contribution in [2.45, 2.75) is 6.17 Å². The van der Waals surface area contributed by atoms with Crippen molar-refractivity contribution in [3.8, 4) is 16.8 Å². The number of hydrogen-bond donors (Lipinski definition) is 1. The van der Waals surface area contributed by atoms with E-state index in [-0.39, 0.29) is 0 Å². The first-order chi connectivity index (χ1) is 30.2. The van der Waals surface area contributed by atoms with E-state index in [1.54, 1.807) is 0 Å². The van der Waals surface area contributed by atoms with Crippen molar-refractivity contribution in [2.75, 3.05) is 0 Å². The van der Waals surface area contributed by atoms with E-state index >= 15 is 0 Å². The number of furan rings is 2. The average Bonchev–Trinajstić information content (AvgIpc) is 4.00. The number of benzene rings is 9. The lowest BCUT2D eigenvalue weighted by molar-refractivity contribution is 0.667. The highest BCUT2D eigenvalue weighted by atomic mass is 16.3. The van der Waals surface area contributed by atoms with Gasteiger partial charge in [-0.25, -0.2) is 9.98 Å². The molecule has 0 radical (unpaired) electrons. The van der Waals surface area contributed by atoms with Gasteiger partial charge >= 0.3 is 0 Å². The fourth-order valence-corrected chi connectivity index (χ4v) is 9.41. The molecule has 1 atom stereocenters. The highest BCUT2D eigenvalue weighted by Crippen LogP contribution is 2.43. The molecule has 3 aromatic heterocycles. The van der Waals surface area contributed by atoms with Crippen LogP contribution in [0.2, 0.25) is 0 Å². The Kier molecular flexibility index (Phi) is 7.27. The van der Waals surface area contributed by atoms with E-state index in [4.69, 9.17) is 18.8 Å². The molecule has 61 heavy (non-hydrogen) atoms. The van der Waals surface area contributed by atoms with Crippen LogP contribution in [0.1, 0.15) is 22.9 Å². The molecule has 0 spiro atoms. The van der Waals surface area contributed by atoms with E-state index in [0.717, 1.165) is 94.3 Å². The third-order valence-corrected chi connectivity index (χ3v) is 12.2. The lowest BCUT2D eigenvalue weighted by atomic mass is 9.95. The van der Waals surface area contributed by atoms with Crippen molar-refractivity contribution < 1.29 is 8.83 Å². The Morgan fingerprint density at radius 1 is 0.443 bits per heavy atom. The van der Waals surface area contributed by atoms with Gasteiger partial charge in [0.05, 0.1) is 16.7 Å². The van der Waals surface area contributed by atoms with E-state index in [1.807, 2.05) is 48.5 Å². The van der Waals surface area contributed by atoms with Crippen LogP contribution < -0.4 is 5.32 Å². The number of nitrogens with one attached hydrogen (secondary N) is 1. The SMILES string of the molecule is c1ccc(C2=NC(c3ccc4c(c3)oc3ccccc34)=NC(c3ccc(-n4c5ccccc5c5cc6ccccc6cc54)c(-c4cccc5oc6ccccc6c45)c3)N2)cc1. The van der Waals surface area contributed by atoms with Crippen LogP contribution in [0, 0.1) is 0 Å². The molecule has 1 unspecified atom stereocenters. The quantitative estimate of drug-likeness (QED) is 0.189. The van der Waals surface area contributed by atoms with Crippen molar-refractivity contribution in [3.63, 3.8) is 0 Å². The number of aliphatic imine (C=N–C) groups is 2. The van der Waals surface area contributed by atoms with Gasteiger partial charge in [-0.15, -0.1) is 0 Å². The molecule has 1 N–H and O–H groups in total. The van der Waals surface area contributed by atoms with Gasteiger partial charge in [-0.3, -0.25) is 0 Å². The van der Waals surface area contributed by atoms with E-state index in [0.29, 0.717) is 5.84 Å². The zero-order chi connectivity index (χ0) is 40.0. The van der Waals surface area contributed by atoms with E-state index in [2.05, 4.69) is 155 Å². The van der Waals surface area contributed by atoms with Gasteiger partial charge in [0, 0.05) is 49.0 Å². The van der Waals surface area contributed by atoms with Gasteiger partial charge in [0.2, 0.25) is 0 Å². The Morgan fingerprint density at radius 3 is 2.00 bits per heavy atom. The zero-order valence-corrected chi connectivity index (χ0v) is 32.7. The number of para-hydroxylation sites is 3. The molecule has 12 aromatic rings. The van der Waals surface area contributed by atoms with Gasteiger partial charge in [0.1, 0.15) is 34.3 Å². The summed E-state index contributed by atoms with van der Waals surface area (Å²) in [6.07, 6.45) is -0.454. The molecular formula is C55H34N4O2. The van der Waals surface area contributed by atoms with Crippen LogP contribution in [0.5, 0.6) is 0 Å². The molecule has 0 saturated heterocycles. The largest absolute Gasteiger partial charge is 0.456 e. The summed E-state index contributed by atoms with van der Waals surface area (Å²) in [5.74, 6) is 1.39. The number of hydrogen-bond acceptors (Lipinski definition) is 5. The van der Waals surface area contributed by atoms with Crippen LogP contribution in [0.25, 0.3) is 93.3 Å². The molecule has 1 aliphatic rings. The Hall–Kier alpha value is -8.22. The lowest BCUT2D eigenvalue weighted by Gasteiger charge is -2.25. The smallest absolute Gasteiger partial charge is 0.159 e. The summed E-state index contributed by atoms with van der Waals surface area (Å²) >= 11 is 0. The standard InChI is InChI=1S/C55H34N4O2/c1-2-13-33(14-3-1)53-56-54(58-55(57-53)37-25-27-40-39-18-7-10-22-48(39)61-51(40)32-37)36-26-28-46(44(30-36)41-20-12-24-50-52(41)42-19-8-11-23-49(42)60-50)59-45-21-9-6-17-38(45)43-29-34-15-4-5-16-35(34)31-47(43)59/h1-32,54H,(H,56,57,58). The van der Waals surface area contributed by atoms with Gasteiger partial charge < -0.3 is 18.7 Å². The van der Waals surface area contributed by atoms with Crippen molar-refractivity contribution in [1.29, 1.82) is 0 Å². The highest BCUT2D eigenvalue weighted by Gasteiger charge is 2.25. The lowest BCUT2D eigenvalue weighted by Crippen LogP contribution is -2.33. The number of aromatic nitrogens is 1. The highest BCUT2D eigenvalue weighted by molar-refractivity contribution is 6.17. The summed E-state index contributed by atoms with van der Waals surface area (Å²) in [4.78, 5) is 10.5. The summed E-state index contributed by atoms with van der Waals surface area (Å²) < 4.78 is 15.3. The second-order valence-electron chi connectivity index (χ2n) is 15.8. The van der Waals surface area contributed by atoms with Crippen molar-refractivity contribution in [3.05, 3.63) is 211 Å². The molecule has 0 amide bonds. The Bertz CT molecular complexity index is 3810. The van der Waals surface area contributed by atoms with Gasteiger partial charge in [-0.05, 0) is 82.6 Å². The maximum atomic E-state index is 6.49. The van der Waals surface area contributed by atoms with Gasteiger partial charge in [0.25, 0.3) is 0 Å². The zero-order valence-electron chi connectivity index (χ0n) is 32.7. The average molecular weight is 783 g/mol. The minimum atomic E-state index is -0.454. The maximum absolute atomic E-state index is 6.49. The first-order valence-corrected chi connectivity index (χ1v) is 20.6. The Morgan fingerprint density at radius 2 is 1.13 bits per heavy atom. The van der Waals surface area contributed by atoms with Crippen LogP contribution in [0.3, 0.4) is 0 Å². The van der Waals surface area contributed by atoms with E-state index in [9.17, 15) is 0 Å². The Balaban J connectivity index is 1.06. The van der Waals surface area contributed by atoms with Crippen LogP contribution in [-0.4, -0.2) is 16.2 Å². The summed E-state index contributed by atoms with van der Waals surface area (Å²) in [7, 11) is 0. The number of fused-ring (bicyclic) bond motifs is 10. The normalized spacial score (nSPS) is 14.4. The summed E-state index contributed by atoms with van der Waals surface area (Å²) in [5, 5.41) is 12.9. The Labute approximate surface area is 349 Å². The predicted octanol–water partition coefficient (Wildman–Crippen LogP) is 13.9. The number of rotatable bonds is 5. The van der Waals surface area contributed by atoms with Crippen LogP contribution >= 0.6 is 0 Å². The first kappa shape index (κ1) is 33.7. The molecule has 0 fully saturated rings. The summed E-state index contributed by atoms with van der Waals surface area (Å²) in [6.45, 7) is 0. The molecule has 0 bridgehead atoms. The molecular weight excluding hydrogens is 749 g/mol. The maximum Gasteiger partial charge on any atom is 0.159 e. The number of nitrogens with zero attached hydrogens (tertiary/aromatic N) is 3. The van der Waals surface area contributed by atoms with Crippen LogP contribution in [-0.2, 0) is 0 Å². The molecule has 6 nitrogen and oxygen atoms in total. The summed E-state index contributed by atoms with van der Waals surface area (Å²) in [5.41, 5.74) is 11.7. The van der Waals surface area contributed by atoms with Crippen molar-refractivity contribution in [1.82, 2.24) is 9.88 Å². The van der Waals surface area contributed by atoms with Crippen molar-refractivity contribution >= 4 is 88.1 Å². The number of amidine groups is 2. The summed E-state index contributed by atoms with van der Waals surface area (Å²) in [6, 6.07) is 68.2. The topological polar surface area (TPSA) is 68.0 Å². The van der Waals surface area contributed by atoms with E-state index in [1.165, 1.54) is 21.5 Å². The monoisotopic (exact) mass is 782 g/mol. The minimum absolute atomic E-state index is 0.454. The molecule has 286 valence electrons. The fourth-order valence-electron chi connectivity index (χ4n) is 9.41. The second kappa shape index (κ2) is 13.1. The van der Waals surface area contributed by atoms with E-state index < -0.39 is 6.17 Å². The molecule has 0 saturated carbocycles. The minimum Gasteiger partial charge on any atom is -0.456 e. The first-order valence-electron chi connectivity index (χ1n) is 20.6. The molecule has 13 rings (SSSR count). The van der Waals surface area contributed by atoms with Crippen LogP contribution in [0.15, 0.2) is 213 Å². The predicted molar refractivity (Wildman–Crippen MR) is 250 cm³/mol. The van der Waals surface area contributed by atoms with Crippen LogP contribution in [0.4, 0.5) is 0 Å². The van der Waals surface area contributed by atoms with Crippen molar-refractivity contribution in [2.24, 2.45) is 9.98 Å². The second-order valence-corrected chi connectivity index (χ2v) is 15.8. The molecule has 0 aliphatic carbocycles. The molecule has 6 heteroatoms. The molecule has 1 aliphatic heterocycles. The fraction of sp³-hybridized carbons (Fsp3) is 0.0182. The van der Waals surface area contributed by atoms with Gasteiger partial charge in [-0.1, -0.05) is 133 Å². The van der Waals surface area contributed by atoms with Gasteiger partial charge in [0.15, 0.2) is 5.84 Å². The third-order valence-electron chi connectivity index (χ3n) is 12.2.